The molecular formula is C11H10O2. The van der Waals surface area contributed by atoms with Crippen molar-refractivity contribution in [2.45, 2.75) is 0 Å². The van der Waals surface area contributed by atoms with E-state index < -0.39 is 0 Å². The molecule has 0 aliphatic heterocycles. The third-order valence-corrected chi connectivity index (χ3v) is 1.95. The summed E-state index contributed by atoms with van der Waals surface area (Å²) in [4.78, 5) is 0. The van der Waals surface area contributed by atoms with Crippen LogP contribution >= 0.6 is 0 Å². The lowest BCUT2D eigenvalue weighted by Gasteiger charge is -1.98. The van der Waals surface area contributed by atoms with Crippen LogP contribution in [0, 0.1) is 0 Å². The normalized spacial score (nSPS) is 10.2. The van der Waals surface area contributed by atoms with E-state index >= 15 is 0 Å². The number of fused-ring (bicyclic) bond motifs is 1. The molecule has 0 radical (unpaired) electrons. The molecule has 0 bridgehead atoms. The van der Waals surface area contributed by atoms with Crippen LogP contribution in [0.5, 0.6) is 5.75 Å². The van der Waals surface area contributed by atoms with Gasteiger partial charge in [-0.05, 0) is 18.2 Å². The Balaban J connectivity index is 2.74. The molecule has 0 N–H and O–H groups in total. The lowest BCUT2D eigenvalue weighted by Crippen LogP contribution is -1.81. The van der Waals surface area contributed by atoms with Gasteiger partial charge in [0.05, 0.1) is 7.11 Å². The van der Waals surface area contributed by atoms with Gasteiger partial charge in [-0.1, -0.05) is 18.7 Å². The Bertz CT molecular complexity index is 440. The van der Waals surface area contributed by atoms with E-state index in [-0.39, 0.29) is 0 Å². The molecule has 2 aromatic rings. The molecule has 0 saturated heterocycles. The summed E-state index contributed by atoms with van der Waals surface area (Å²) < 4.78 is 10.7. The largest absolute Gasteiger partial charge is 0.493 e. The lowest BCUT2D eigenvalue weighted by molar-refractivity contribution is 0.410. The molecule has 0 fully saturated rings. The fraction of sp³-hybridized carbons (Fsp3) is 0.0909. The zero-order valence-corrected chi connectivity index (χ0v) is 7.41. The third-order valence-electron chi connectivity index (χ3n) is 1.95. The molecule has 2 nitrogen and oxygen atoms in total. The Morgan fingerprint density at radius 1 is 1.46 bits per heavy atom. The lowest BCUT2D eigenvalue weighted by atomic mass is 10.2. The molecule has 0 amide bonds. The predicted molar refractivity (Wildman–Crippen MR) is 52.9 cm³/mol. The Morgan fingerprint density at radius 3 is 3.00 bits per heavy atom. The van der Waals surface area contributed by atoms with Gasteiger partial charge in [-0.25, -0.2) is 0 Å². The maximum absolute atomic E-state index is 5.50. The summed E-state index contributed by atoms with van der Waals surface area (Å²) in [6.07, 6.45) is 1.68. The first-order valence-corrected chi connectivity index (χ1v) is 4.04. The second-order valence-electron chi connectivity index (χ2n) is 2.73. The molecule has 1 heterocycles. The molecule has 0 unspecified atom stereocenters. The van der Waals surface area contributed by atoms with Crippen LogP contribution in [-0.4, -0.2) is 7.11 Å². The second-order valence-corrected chi connectivity index (χ2v) is 2.73. The molecule has 13 heavy (non-hydrogen) atoms. The first-order valence-electron chi connectivity index (χ1n) is 4.04. The van der Waals surface area contributed by atoms with Gasteiger partial charge in [0.25, 0.3) is 0 Å². The van der Waals surface area contributed by atoms with Crippen LogP contribution in [0.25, 0.3) is 17.0 Å². The number of methoxy groups -OCH3 is 1. The first-order chi connectivity index (χ1) is 6.35. The second kappa shape index (κ2) is 2.98. The van der Waals surface area contributed by atoms with E-state index in [1.807, 2.05) is 24.3 Å². The van der Waals surface area contributed by atoms with Gasteiger partial charge in [0, 0.05) is 5.39 Å². The van der Waals surface area contributed by atoms with Crippen molar-refractivity contribution in [1.29, 1.82) is 0 Å². The number of hydrogen-bond acceptors (Lipinski definition) is 2. The van der Waals surface area contributed by atoms with Crippen LogP contribution in [0.3, 0.4) is 0 Å². The van der Waals surface area contributed by atoms with Crippen molar-refractivity contribution in [1.82, 2.24) is 0 Å². The highest BCUT2D eigenvalue weighted by Gasteiger charge is 2.05. The molecule has 0 aliphatic carbocycles. The first kappa shape index (κ1) is 7.92. The smallest absolute Gasteiger partial charge is 0.176 e. The van der Waals surface area contributed by atoms with Crippen molar-refractivity contribution in [3.8, 4) is 5.75 Å². The van der Waals surface area contributed by atoms with Crippen LogP contribution in [0.2, 0.25) is 0 Å². The van der Waals surface area contributed by atoms with Crippen molar-refractivity contribution >= 4 is 17.0 Å². The van der Waals surface area contributed by atoms with Crippen LogP contribution in [0.15, 0.2) is 35.3 Å². The van der Waals surface area contributed by atoms with Crippen molar-refractivity contribution in [3.05, 3.63) is 36.6 Å². The Morgan fingerprint density at radius 2 is 2.31 bits per heavy atom. The van der Waals surface area contributed by atoms with Crippen molar-refractivity contribution in [3.63, 3.8) is 0 Å². The number of para-hydroxylation sites is 1. The average molecular weight is 174 g/mol. The van der Waals surface area contributed by atoms with Crippen LogP contribution in [0.4, 0.5) is 0 Å². The summed E-state index contributed by atoms with van der Waals surface area (Å²) in [6.45, 7) is 3.65. The van der Waals surface area contributed by atoms with Gasteiger partial charge < -0.3 is 9.15 Å². The van der Waals surface area contributed by atoms with Gasteiger partial charge >= 0.3 is 0 Å². The average Bonchev–Trinajstić information content (AvgIpc) is 2.59. The van der Waals surface area contributed by atoms with E-state index in [0.29, 0.717) is 0 Å². The van der Waals surface area contributed by atoms with Crippen molar-refractivity contribution in [2.75, 3.05) is 7.11 Å². The summed E-state index contributed by atoms with van der Waals surface area (Å²) in [7, 11) is 1.63. The van der Waals surface area contributed by atoms with Gasteiger partial charge in [-0.2, -0.15) is 0 Å². The van der Waals surface area contributed by atoms with E-state index in [0.717, 1.165) is 22.5 Å². The summed E-state index contributed by atoms with van der Waals surface area (Å²) in [5.41, 5.74) is 0.778. The van der Waals surface area contributed by atoms with Crippen LogP contribution in [-0.2, 0) is 0 Å². The van der Waals surface area contributed by atoms with E-state index in [4.69, 9.17) is 9.15 Å². The van der Waals surface area contributed by atoms with E-state index in [2.05, 4.69) is 6.58 Å². The quantitative estimate of drug-likeness (QED) is 0.698. The highest BCUT2D eigenvalue weighted by Crippen LogP contribution is 2.28. The number of hydrogen-bond donors (Lipinski definition) is 0. The SMILES string of the molecule is C=Cc1cc2cccc(OC)c2o1. The summed E-state index contributed by atoms with van der Waals surface area (Å²) >= 11 is 0. The van der Waals surface area contributed by atoms with Gasteiger partial charge in [-0.15, -0.1) is 0 Å². The maximum Gasteiger partial charge on any atom is 0.176 e. The number of rotatable bonds is 2. The topological polar surface area (TPSA) is 22.4 Å². The monoisotopic (exact) mass is 174 g/mol. The van der Waals surface area contributed by atoms with Crippen molar-refractivity contribution < 1.29 is 9.15 Å². The summed E-state index contributed by atoms with van der Waals surface area (Å²) in [6, 6.07) is 7.72. The Kier molecular flexibility index (Phi) is 1.81. The molecule has 2 heteroatoms. The minimum atomic E-state index is 0.755. The molecule has 2 rings (SSSR count). The van der Waals surface area contributed by atoms with Gasteiger partial charge in [0.15, 0.2) is 11.3 Å². The molecule has 66 valence electrons. The fourth-order valence-electron chi connectivity index (χ4n) is 1.32. The molecule has 0 aliphatic rings. The van der Waals surface area contributed by atoms with Gasteiger partial charge in [0.1, 0.15) is 5.76 Å². The highest BCUT2D eigenvalue weighted by molar-refractivity contribution is 5.85. The fourth-order valence-corrected chi connectivity index (χ4v) is 1.32. The zero-order chi connectivity index (χ0) is 9.26. The maximum atomic E-state index is 5.50. The predicted octanol–water partition coefficient (Wildman–Crippen LogP) is 3.08. The summed E-state index contributed by atoms with van der Waals surface area (Å²) in [5.74, 6) is 1.52. The molecule has 0 saturated carbocycles. The number of ether oxygens (including phenoxy) is 1. The zero-order valence-electron chi connectivity index (χ0n) is 7.41. The van der Waals surface area contributed by atoms with E-state index in [1.165, 1.54) is 0 Å². The van der Waals surface area contributed by atoms with Gasteiger partial charge in [0.2, 0.25) is 0 Å². The standard InChI is InChI=1S/C11H10O2/c1-3-9-7-8-5-4-6-10(12-2)11(8)13-9/h3-7H,1H2,2H3. The summed E-state index contributed by atoms with van der Waals surface area (Å²) in [5, 5.41) is 1.04. The van der Waals surface area contributed by atoms with Gasteiger partial charge in [-0.3, -0.25) is 0 Å². The molecule has 1 aromatic carbocycles. The highest BCUT2D eigenvalue weighted by atomic mass is 16.5. The van der Waals surface area contributed by atoms with E-state index in [1.54, 1.807) is 13.2 Å². The minimum Gasteiger partial charge on any atom is -0.493 e. The molecule has 0 spiro atoms. The number of benzene rings is 1. The number of furan rings is 1. The molecule has 0 atom stereocenters. The van der Waals surface area contributed by atoms with Crippen LogP contribution < -0.4 is 4.74 Å². The molecular weight excluding hydrogens is 164 g/mol. The third kappa shape index (κ3) is 1.20. The minimum absolute atomic E-state index is 0.755. The van der Waals surface area contributed by atoms with Crippen LogP contribution in [0.1, 0.15) is 5.76 Å². The Labute approximate surface area is 76.4 Å². The van der Waals surface area contributed by atoms with Crippen molar-refractivity contribution in [2.24, 2.45) is 0 Å². The Hall–Kier alpha value is -1.70. The molecule has 1 aromatic heterocycles. The van der Waals surface area contributed by atoms with E-state index in [9.17, 15) is 0 Å².